The first kappa shape index (κ1) is 16.9. The number of aromatic nitrogens is 4. The quantitative estimate of drug-likeness (QED) is 0.719. The van der Waals surface area contributed by atoms with E-state index in [0.717, 1.165) is 16.6 Å². The lowest BCUT2D eigenvalue weighted by Crippen LogP contribution is -2.12. The molecule has 0 aliphatic heterocycles. The van der Waals surface area contributed by atoms with Crippen LogP contribution in [0.1, 0.15) is 24.1 Å². The van der Waals surface area contributed by atoms with E-state index in [9.17, 15) is 9.18 Å². The molecule has 132 valence electrons. The summed E-state index contributed by atoms with van der Waals surface area (Å²) in [6.45, 7) is 1.87. The number of amides is 1. The summed E-state index contributed by atoms with van der Waals surface area (Å²) < 4.78 is 20.2. The van der Waals surface area contributed by atoms with Gasteiger partial charge in [0, 0.05) is 13.5 Å². The molecule has 2 N–H and O–H groups in total. The number of anilines is 1. The average molecular weight is 345 g/mol. The van der Waals surface area contributed by atoms with Gasteiger partial charge in [0.1, 0.15) is 5.82 Å². The van der Waals surface area contributed by atoms with E-state index in [1.807, 2.05) is 6.92 Å². The number of aromatic amines is 1. The minimum Gasteiger partial charge on any atom is -0.494 e. The van der Waals surface area contributed by atoms with Gasteiger partial charge in [-0.05, 0) is 37.5 Å². The van der Waals surface area contributed by atoms with Gasteiger partial charge < -0.3 is 10.1 Å². The van der Waals surface area contributed by atoms with E-state index < -0.39 is 5.82 Å². The van der Waals surface area contributed by atoms with Crippen LogP contribution in [0.15, 0.2) is 18.2 Å². The van der Waals surface area contributed by atoms with Gasteiger partial charge in [0.2, 0.25) is 5.91 Å². The monoisotopic (exact) mass is 345 g/mol. The van der Waals surface area contributed by atoms with E-state index in [1.54, 1.807) is 23.9 Å². The molecule has 3 aromatic rings. The lowest BCUT2D eigenvalue weighted by molar-refractivity contribution is -0.116. The highest BCUT2D eigenvalue weighted by atomic mass is 19.1. The lowest BCUT2D eigenvalue weighted by atomic mass is 10.1. The van der Waals surface area contributed by atoms with Crippen LogP contribution in [0.25, 0.3) is 11.0 Å². The molecule has 0 saturated heterocycles. The molecule has 0 spiro atoms. The maximum Gasteiger partial charge on any atom is 0.225 e. The summed E-state index contributed by atoms with van der Waals surface area (Å²) >= 11 is 0. The van der Waals surface area contributed by atoms with Crippen molar-refractivity contribution >= 4 is 22.8 Å². The second-order valence-corrected chi connectivity index (χ2v) is 5.88. The van der Waals surface area contributed by atoms with Crippen LogP contribution < -0.4 is 10.1 Å². The van der Waals surface area contributed by atoms with Crippen molar-refractivity contribution in [2.75, 3.05) is 12.4 Å². The van der Waals surface area contributed by atoms with E-state index in [2.05, 4.69) is 20.6 Å². The second kappa shape index (κ2) is 6.92. The van der Waals surface area contributed by atoms with Crippen LogP contribution in [0, 0.1) is 12.7 Å². The number of hydrogen-bond acceptors (Lipinski definition) is 4. The fourth-order valence-corrected chi connectivity index (χ4v) is 2.84. The normalized spacial score (nSPS) is 11.0. The Bertz CT molecular complexity index is 915. The molecule has 7 nitrogen and oxygen atoms in total. The van der Waals surface area contributed by atoms with Gasteiger partial charge >= 0.3 is 0 Å². The number of halogens is 1. The summed E-state index contributed by atoms with van der Waals surface area (Å²) in [6.07, 6.45) is 1.55. The van der Waals surface area contributed by atoms with Crippen LogP contribution in [0.5, 0.6) is 5.75 Å². The summed E-state index contributed by atoms with van der Waals surface area (Å²) in [4.78, 5) is 12.1. The highest BCUT2D eigenvalue weighted by Crippen LogP contribution is 2.23. The Morgan fingerprint density at radius 2 is 2.24 bits per heavy atom. The topological polar surface area (TPSA) is 84.8 Å². The molecule has 0 fully saturated rings. The standard InChI is InChI=1S/C17H20FN5O2/c1-10-15-16(20-21-17(15)23(2)22-10)19-14(24)6-4-5-11-7-8-13(25-3)12(18)9-11/h7-9H,4-6H2,1-3H3,(H2,19,20,21,24). The number of H-pyrrole nitrogens is 1. The van der Waals surface area contributed by atoms with Gasteiger partial charge in [0.25, 0.3) is 0 Å². The van der Waals surface area contributed by atoms with Crippen molar-refractivity contribution in [3.05, 3.63) is 35.3 Å². The number of carbonyl (C=O) groups is 1. The number of rotatable bonds is 6. The number of carbonyl (C=O) groups excluding carboxylic acids is 1. The Balaban J connectivity index is 1.57. The molecule has 2 aromatic heterocycles. The summed E-state index contributed by atoms with van der Waals surface area (Å²) in [5, 5.41) is 14.9. The third-order valence-electron chi connectivity index (χ3n) is 4.07. The van der Waals surface area contributed by atoms with Crippen molar-refractivity contribution < 1.29 is 13.9 Å². The molecule has 1 amide bonds. The van der Waals surface area contributed by atoms with Gasteiger partial charge in [-0.15, -0.1) is 0 Å². The fraction of sp³-hybridized carbons (Fsp3) is 0.353. The molecule has 0 aliphatic rings. The number of nitrogens with zero attached hydrogens (tertiary/aromatic N) is 3. The van der Waals surface area contributed by atoms with Gasteiger partial charge in [-0.3, -0.25) is 9.89 Å². The van der Waals surface area contributed by atoms with Crippen molar-refractivity contribution in [2.24, 2.45) is 7.05 Å². The van der Waals surface area contributed by atoms with Crippen molar-refractivity contribution in [3.8, 4) is 5.75 Å². The van der Waals surface area contributed by atoms with Crippen LogP contribution in [-0.2, 0) is 18.3 Å². The van der Waals surface area contributed by atoms with E-state index in [-0.39, 0.29) is 11.7 Å². The molecule has 25 heavy (non-hydrogen) atoms. The van der Waals surface area contributed by atoms with Crippen LogP contribution >= 0.6 is 0 Å². The fourth-order valence-electron chi connectivity index (χ4n) is 2.84. The zero-order valence-electron chi connectivity index (χ0n) is 14.4. The molecule has 3 rings (SSSR count). The molecule has 0 unspecified atom stereocenters. The molecule has 8 heteroatoms. The van der Waals surface area contributed by atoms with Crippen LogP contribution in [0.3, 0.4) is 0 Å². The SMILES string of the molecule is COc1ccc(CCCC(=O)Nc2[nH]nc3c2c(C)nn3C)cc1F. The predicted molar refractivity (Wildman–Crippen MR) is 92.1 cm³/mol. The number of methoxy groups -OCH3 is 1. The largest absolute Gasteiger partial charge is 0.494 e. The Hall–Kier alpha value is -2.90. The van der Waals surface area contributed by atoms with Crippen molar-refractivity contribution in [1.29, 1.82) is 0 Å². The highest BCUT2D eigenvalue weighted by molar-refractivity contribution is 5.99. The molecule has 0 bridgehead atoms. The Labute approximate surface area is 144 Å². The first-order valence-electron chi connectivity index (χ1n) is 7.99. The first-order valence-corrected chi connectivity index (χ1v) is 7.99. The van der Waals surface area contributed by atoms with E-state index in [1.165, 1.54) is 13.2 Å². The maximum atomic E-state index is 13.7. The smallest absolute Gasteiger partial charge is 0.225 e. The van der Waals surface area contributed by atoms with Crippen LogP contribution in [0.4, 0.5) is 10.2 Å². The summed E-state index contributed by atoms with van der Waals surface area (Å²) in [7, 11) is 3.23. The zero-order valence-corrected chi connectivity index (χ0v) is 14.4. The van der Waals surface area contributed by atoms with Gasteiger partial charge in [-0.25, -0.2) is 9.07 Å². The lowest BCUT2D eigenvalue weighted by Gasteiger charge is -2.06. The first-order chi connectivity index (χ1) is 12.0. The molecular formula is C17H20FN5O2. The van der Waals surface area contributed by atoms with E-state index >= 15 is 0 Å². The third kappa shape index (κ3) is 3.47. The number of aryl methyl sites for hydroxylation is 3. The molecule has 0 aliphatic carbocycles. The molecule has 0 atom stereocenters. The summed E-state index contributed by atoms with van der Waals surface area (Å²) in [6, 6.07) is 4.84. The predicted octanol–water partition coefficient (Wildman–Crippen LogP) is 2.71. The van der Waals surface area contributed by atoms with Gasteiger partial charge in [-0.2, -0.15) is 10.2 Å². The van der Waals surface area contributed by atoms with Crippen molar-refractivity contribution in [2.45, 2.75) is 26.2 Å². The Morgan fingerprint density at radius 1 is 1.44 bits per heavy atom. The molecule has 2 heterocycles. The molecule has 1 aromatic carbocycles. The molecule has 0 saturated carbocycles. The number of benzene rings is 1. The van der Waals surface area contributed by atoms with Crippen LogP contribution in [0.2, 0.25) is 0 Å². The Kier molecular flexibility index (Phi) is 4.69. The van der Waals surface area contributed by atoms with E-state index in [0.29, 0.717) is 30.7 Å². The van der Waals surface area contributed by atoms with Crippen LogP contribution in [-0.4, -0.2) is 33.0 Å². The average Bonchev–Trinajstić information content (AvgIpc) is 3.10. The minimum absolute atomic E-state index is 0.122. The number of fused-ring (bicyclic) bond motifs is 1. The van der Waals surface area contributed by atoms with Gasteiger partial charge in [0.15, 0.2) is 17.2 Å². The number of hydrogen-bond donors (Lipinski definition) is 2. The van der Waals surface area contributed by atoms with Gasteiger partial charge in [0.05, 0.1) is 18.2 Å². The molecule has 0 radical (unpaired) electrons. The number of ether oxygens (including phenoxy) is 1. The second-order valence-electron chi connectivity index (χ2n) is 5.88. The summed E-state index contributed by atoms with van der Waals surface area (Å²) in [5.41, 5.74) is 2.33. The van der Waals surface area contributed by atoms with Crippen molar-refractivity contribution in [1.82, 2.24) is 20.0 Å². The highest BCUT2D eigenvalue weighted by Gasteiger charge is 2.15. The number of nitrogens with one attached hydrogen (secondary N) is 2. The third-order valence-corrected chi connectivity index (χ3v) is 4.07. The minimum atomic E-state index is -0.392. The maximum absolute atomic E-state index is 13.7. The Morgan fingerprint density at radius 3 is 2.96 bits per heavy atom. The van der Waals surface area contributed by atoms with Crippen molar-refractivity contribution in [3.63, 3.8) is 0 Å². The molecular weight excluding hydrogens is 325 g/mol. The zero-order chi connectivity index (χ0) is 18.0. The summed E-state index contributed by atoms with van der Waals surface area (Å²) in [5.74, 6) is 0.261. The van der Waals surface area contributed by atoms with E-state index in [4.69, 9.17) is 4.74 Å². The van der Waals surface area contributed by atoms with Gasteiger partial charge in [-0.1, -0.05) is 6.07 Å².